The fraction of sp³-hybridized carbons (Fsp3) is 0.500. The van der Waals surface area contributed by atoms with Crippen LogP contribution in [0, 0.1) is 0 Å². The summed E-state index contributed by atoms with van der Waals surface area (Å²) in [5, 5.41) is 0. The molecule has 0 atom stereocenters. The molecule has 1 aromatic heterocycles. The van der Waals surface area contributed by atoms with Crippen LogP contribution in [0.1, 0.15) is 12.8 Å². The van der Waals surface area contributed by atoms with Crippen LogP contribution < -0.4 is 16.4 Å². The number of nitrogens with two attached hydrogens (primary N) is 2. The van der Waals surface area contributed by atoms with Gasteiger partial charge < -0.3 is 16.4 Å². The fourth-order valence-electron chi connectivity index (χ4n) is 1.61. The number of hydrogen-bond donors (Lipinski definition) is 2. The molecule has 0 saturated heterocycles. The Morgan fingerprint density at radius 2 is 1.94 bits per heavy atom. The molecule has 0 spiro atoms. The van der Waals surface area contributed by atoms with Crippen LogP contribution in [0.15, 0.2) is 12.1 Å². The molecule has 2 rings (SSSR count). The molecule has 4 N–H and O–H groups in total. The van der Waals surface area contributed by atoms with E-state index in [1.54, 1.807) is 0 Å². The summed E-state index contributed by atoms with van der Waals surface area (Å²) >= 11 is 0. The van der Waals surface area contributed by atoms with E-state index in [1.165, 1.54) is 17.0 Å². The second-order valence-electron chi connectivity index (χ2n) is 4.12. The van der Waals surface area contributed by atoms with Gasteiger partial charge in [-0.05, 0) is 25.0 Å². The maximum atomic E-state index is 12.4. The molecule has 0 unspecified atom stereocenters. The summed E-state index contributed by atoms with van der Waals surface area (Å²) in [4.78, 5) is 5.13. The summed E-state index contributed by atoms with van der Waals surface area (Å²) in [5.41, 5.74) is 11.3. The van der Waals surface area contributed by atoms with E-state index in [4.69, 9.17) is 11.5 Å². The van der Waals surface area contributed by atoms with Crippen LogP contribution >= 0.6 is 0 Å². The highest BCUT2D eigenvalue weighted by atomic mass is 19.4. The number of pyridine rings is 1. The molecule has 1 aliphatic carbocycles. The van der Waals surface area contributed by atoms with E-state index in [2.05, 4.69) is 4.98 Å². The fourth-order valence-corrected chi connectivity index (χ4v) is 1.61. The standard InChI is InChI=1S/C10H13F3N4/c11-10(12,13)5-17(6-1-2-6)8-4-3-7(14)9(15)16-8/h3-4,6H,1-2,5,14H2,(H2,15,16). The Morgan fingerprint density at radius 3 is 2.41 bits per heavy atom. The monoisotopic (exact) mass is 246 g/mol. The first-order valence-electron chi connectivity index (χ1n) is 5.22. The van der Waals surface area contributed by atoms with Crippen LogP contribution in [0.5, 0.6) is 0 Å². The van der Waals surface area contributed by atoms with E-state index in [9.17, 15) is 13.2 Å². The van der Waals surface area contributed by atoms with E-state index in [0.717, 1.165) is 12.8 Å². The third-order valence-corrected chi connectivity index (χ3v) is 2.57. The van der Waals surface area contributed by atoms with Gasteiger partial charge in [-0.15, -0.1) is 0 Å². The summed E-state index contributed by atoms with van der Waals surface area (Å²) < 4.78 is 37.3. The summed E-state index contributed by atoms with van der Waals surface area (Å²) in [6, 6.07) is 2.85. The average Bonchev–Trinajstić information content (AvgIpc) is 3.01. The molecule has 1 fully saturated rings. The van der Waals surface area contributed by atoms with Gasteiger partial charge in [-0.3, -0.25) is 0 Å². The van der Waals surface area contributed by atoms with Gasteiger partial charge in [0.05, 0.1) is 5.69 Å². The van der Waals surface area contributed by atoms with Crippen molar-refractivity contribution in [3.63, 3.8) is 0 Å². The summed E-state index contributed by atoms with van der Waals surface area (Å²) in [6.07, 6.45) is -2.75. The Hall–Kier alpha value is -1.66. The molecule has 0 bridgehead atoms. The number of aromatic nitrogens is 1. The van der Waals surface area contributed by atoms with Crippen molar-refractivity contribution in [1.29, 1.82) is 0 Å². The lowest BCUT2D eigenvalue weighted by atomic mass is 10.3. The van der Waals surface area contributed by atoms with Crippen LogP contribution in [0.3, 0.4) is 0 Å². The van der Waals surface area contributed by atoms with Gasteiger partial charge in [-0.1, -0.05) is 0 Å². The molecule has 0 amide bonds. The van der Waals surface area contributed by atoms with Gasteiger partial charge in [0.2, 0.25) is 0 Å². The Labute approximate surface area is 96.4 Å². The number of anilines is 3. The van der Waals surface area contributed by atoms with Crippen molar-refractivity contribution in [3.8, 4) is 0 Å². The molecular formula is C10H13F3N4. The lowest BCUT2D eigenvalue weighted by molar-refractivity contribution is -0.120. The molecule has 4 nitrogen and oxygen atoms in total. The minimum atomic E-state index is -4.25. The Morgan fingerprint density at radius 1 is 1.29 bits per heavy atom. The Kier molecular flexibility index (Phi) is 2.76. The van der Waals surface area contributed by atoms with Gasteiger partial charge in [0, 0.05) is 6.04 Å². The molecule has 0 aromatic carbocycles. The van der Waals surface area contributed by atoms with Crippen LogP contribution in [-0.2, 0) is 0 Å². The summed E-state index contributed by atoms with van der Waals surface area (Å²) in [7, 11) is 0. The predicted molar refractivity (Wildman–Crippen MR) is 59.5 cm³/mol. The highest BCUT2D eigenvalue weighted by molar-refractivity contribution is 5.62. The van der Waals surface area contributed by atoms with E-state index >= 15 is 0 Å². The molecule has 1 aromatic rings. The van der Waals surface area contributed by atoms with E-state index < -0.39 is 12.7 Å². The molecule has 1 saturated carbocycles. The number of nitrogen functional groups attached to an aromatic ring is 2. The zero-order valence-corrected chi connectivity index (χ0v) is 9.04. The van der Waals surface area contributed by atoms with Crippen molar-refractivity contribution in [2.75, 3.05) is 22.9 Å². The topological polar surface area (TPSA) is 68.2 Å². The van der Waals surface area contributed by atoms with E-state index in [1.807, 2.05) is 0 Å². The third kappa shape index (κ3) is 2.92. The smallest absolute Gasteiger partial charge is 0.396 e. The maximum absolute atomic E-state index is 12.4. The second kappa shape index (κ2) is 3.97. The molecular weight excluding hydrogens is 233 g/mol. The van der Waals surface area contributed by atoms with Crippen molar-refractivity contribution < 1.29 is 13.2 Å². The number of hydrogen-bond acceptors (Lipinski definition) is 4. The van der Waals surface area contributed by atoms with Gasteiger partial charge in [0.15, 0.2) is 0 Å². The van der Waals surface area contributed by atoms with Crippen molar-refractivity contribution in [2.45, 2.75) is 25.1 Å². The predicted octanol–water partition coefficient (Wildman–Crippen LogP) is 1.78. The van der Waals surface area contributed by atoms with E-state index in [0.29, 0.717) is 0 Å². The number of halogens is 3. The second-order valence-corrected chi connectivity index (χ2v) is 4.12. The van der Waals surface area contributed by atoms with Crippen LogP contribution in [0.25, 0.3) is 0 Å². The molecule has 17 heavy (non-hydrogen) atoms. The maximum Gasteiger partial charge on any atom is 0.405 e. The van der Waals surface area contributed by atoms with Crippen LogP contribution in [0.4, 0.5) is 30.5 Å². The average molecular weight is 246 g/mol. The lowest BCUT2D eigenvalue weighted by Crippen LogP contribution is -2.36. The van der Waals surface area contributed by atoms with Gasteiger partial charge in [0.1, 0.15) is 18.2 Å². The minimum Gasteiger partial charge on any atom is -0.396 e. The van der Waals surface area contributed by atoms with E-state index in [-0.39, 0.29) is 23.4 Å². The summed E-state index contributed by atoms with van der Waals surface area (Å²) in [6.45, 7) is -1.01. The number of alkyl halides is 3. The molecule has 1 heterocycles. The normalized spacial score (nSPS) is 15.9. The SMILES string of the molecule is Nc1ccc(N(CC(F)(F)F)C2CC2)nc1N. The van der Waals surface area contributed by atoms with Gasteiger partial charge >= 0.3 is 6.18 Å². The van der Waals surface area contributed by atoms with Gasteiger partial charge in [-0.2, -0.15) is 13.2 Å². The quantitative estimate of drug-likeness (QED) is 0.853. The largest absolute Gasteiger partial charge is 0.405 e. The minimum absolute atomic E-state index is 0.0651. The zero-order chi connectivity index (χ0) is 12.6. The lowest BCUT2D eigenvalue weighted by Gasteiger charge is -2.25. The zero-order valence-electron chi connectivity index (χ0n) is 9.04. The van der Waals surface area contributed by atoms with Gasteiger partial charge in [0.25, 0.3) is 0 Å². The number of rotatable bonds is 3. The molecule has 0 radical (unpaired) electrons. The Balaban J connectivity index is 2.23. The first-order chi connectivity index (χ1) is 7.87. The highest BCUT2D eigenvalue weighted by Crippen LogP contribution is 2.34. The first kappa shape index (κ1) is 11.8. The Bertz CT molecular complexity index is 415. The molecule has 94 valence electrons. The molecule has 0 aliphatic heterocycles. The first-order valence-corrected chi connectivity index (χ1v) is 5.22. The van der Waals surface area contributed by atoms with Crippen molar-refractivity contribution in [1.82, 2.24) is 4.98 Å². The summed E-state index contributed by atoms with van der Waals surface area (Å²) in [5.74, 6) is 0.298. The van der Waals surface area contributed by atoms with Crippen molar-refractivity contribution in [3.05, 3.63) is 12.1 Å². The molecule has 7 heteroatoms. The third-order valence-electron chi connectivity index (χ3n) is 2.57. The highest BCUT2D eigenvalue weighted by Gasteiger charge is 2.38. The van der Waals surface area contributed by atoms with Crippen LogP contribution in [-0.4, -0.2) is 23.7 Å². The van der Waals surface area contributed by atoms with Crippen LogP contribution in [0.2, 0.25) is 0 Å². The van der Waals surface area contributed by atoms with Crippen molar-refractivity contribution >= 4 is 17.3 Å². The number of nitrogens with zero attached hydrogens (tertiary/aromatic N) is 2. The van der Waals surface area contributed by atoms with Crippen molar-refractivity contribution in [2.24, 2.45) is 0 Å². The molecule has 1 aliphatic rings. The van der Waals surface area contributed by atoms with Gasteiger partial charge in [-0.25, -0.2) is 4.98 Å².